The van der Waals surface area contributed by atoms with Gasteiger partial charge in [-0.1, -0.05) is 0 Å². The van der Waals surface area contributed by atoms with Crippen molar-refractivity contribution in [3.63, 3.8) is 0 Å². The minimum absolute atomic E-state index is 0.0859. The normalized spacial score (nSPS) is 10.1. The van der Waals surface area contributed by atoms with Crippen LogP contribution in [0.4, 0.5) is 5.82 Å². The van der Waals surface area contributed by atoms with E-state index in [2.05, 4.69) is 20.4 Å². The van der Waals surface area contributed by atoms with Crippen molar-refractivity contribution in [3.05, 3.63) is 35.5 Å². The first-order chi connectivity index (χ1) is 7.66. The molecular formula is C9H8ClN5O. The number of nitrogens with zero attached hydrogens (tertiary/aromatic N) is 4. The molecule has 0 aromatic carbocycles. The molecule has 0 aliphatic rings. The molecule has 2 aromatic rings. The molecule has 0 radical (unpaired) electrons. The molecule has 0 unspecified atom stereocenters. The fourth-order valence-corrected chi connectivity index (χ4v) is 1.33. The molecule has 1 N–H and O–H groups in total. The summed E-state index contributed by atoms with van der Waals surface area (Å²) in [7, 11) is 1.68. The first-order valence-corrected chi connectivity index (χ1v) is 4.82. The Balaban J connectivity index is 2.17. The average molecular weight is 238 g/mol. The van der Waals surface area contributed by atoms with Crippen LogP contribution in [0.2, 0.25) is 5.28 Å². The molecule has 2 aromatic heterocycles. The van der Waals surface area contributed by atoms with Gasteiger partial charge in [-0.25, -0.2) is 9.97 Å². The molecule has 16 heavy (non-hydrogen) atoms. The summed E-state index contributed by atoms with van der Waals surface area (Å²) >= 11 is 5.59. The van der Waals surface area contributed by atoms with Gasteiger partial charge in [0.2, 0.25) is 5.28 Å². The third-order valence-electron chi connectivity index (χ3n) is 1.92. The van der Waals surface area contributed by atoms with Crippen molar-refractivity contribution in [1.29, 1.82) is 0 Å². The largest absolute Gasteiger partial charge is 0.305 e. The van der Waals surface area contributed by atoms with Crippen LogP contribution in [0, 0.1) is 0 Å². The van der Waals surface area contributed by atoms with Crippen molar-refractivity contribution >= 4 is 23.3 Å². The predicted molar refractivity (Wildman–Crippen MR) is 58.2 cm³/mol. The van der Waals surface area contributed by atoms with Gasteiger partial charge in [-0.3, -0.25) is 9.48 Å². The lowest BCUT2D eigenvalue weighted by molar-refractivity contribution is 0.101. The minimum atomic E-state index is -0.297. The summed E-state index contributed by atoms with van der Waals surface area (Å²) in [6, 6.07) is 3.16. The lowest BCUT2D eigenvalue weighted by atomic mass is 10.4. The Morgan fingerprint density at radius 3 is 2.88 bits per heavy atom. The van der Waals surface area contributed by atoms with Gasteiger partial charge in [0, 0.05) is 19.4 Å². The van der Waals surface area contributed by atoms with Gasteiger partial charge < -0.3 is 5.32 Å². The van der Waals surface area contributed by atoms with E-state index in [0.717, 1.165) is 0 Å². The van der Waals surface area contributed by atoms with E-state index in [9.17, 15) is 4.79 Å². The van der Waals surface area contributed by atoms with Crippen molar-refractivity contribution in [2.45, 2.75) is 0 Å². The van der Waals surface area contributed by atoms with E-state index in [-0.39, 0.29) is 11.2 Å². The highest BCUT2D eigenvalue weighted by Gasteiger charge is 2.10. The maximum atomic E-state index is 11.7. The van der Waals surface area contributed by atoms with Crippen molar-refractivity contribution in [2.24, 2.45) is 7.05 Å². The number of carbonyl (C=O) groups excluding carboxylic acids is 1. The van der Waals surface area contributed by atoms with Gasteiger partial charge in [-0.05, 0) is 23.7 Å². The van der Waals surface area contributed by atoms with E-state index in [1.54, 1.807) is 25.4 Å². The SMILES string of the molecule is Cn1nccc1C(=O)Nc1ccnc(Cl)n1. The Morgan fingerprint density at radius 1 is 1.44 bits per heavy atom. The van der Waals surface area contributed by atoms with Crippen molar-refractivity contribution in [3.8, 4) is 0 Å². The average Bonchev–Trinajstić information content (AvgIpc) is 2.64. The van der Waals surface area contributed by atoms with E-state index in [4.69, 9.17) is 11.6 Å². The summed E-state index contributed by atoms with van der Waals surface area (Å²) < 4.78 is 1.47. The van der Waals surface area contributed by atoms with Crippen LogP contribution < -0.4 is 5.32 Å². The van der Waals surface area contributed by atoms with Crippen LogP contribution >= 0.6 is 11.6 Å². The summed E-state index contributed by atoms with van der Waals surface area (Å²) in [5.41, 5.74) is 0.440. The Hall–Kier alpha value is -1.95. The number of rotatable bonds is 2. The quantitative estimate of drug-likeness (QED) is 0.795. The second kappa shape index (κ2) is 4.28. The molecular weight excluding hydrogens is 230 g/mol. The molecule has 0 spiro atoms. The summed E-state index contributed by atoms with van der Waals surface area (Å²) in [5.74, 6) is 0.0565. The van der Waals surface area contributed by atoms with Gasteiger partial charge in [-0.2, -0.15) is 5.10 Å². The van der Waals surface area contributed by atoms with Gasteiger partial charge in [0.05, 0.1) is 0 Å². The number of amides is 1. The highest BCUT2D eigenvalue weighted by Crippen LogP contribution is 2.07. The van der Waals surface area contributed by atoms with E-state index < -0.39 is 0 Å². The number of halogens is 1. The van der Waals surface area contributed by atoms with E-state index in [1.807, 2.05) is 0 Å². The van der Waals surface area contributed by atoms with Gasteiger partial charge in [0.25, 0.3) is 5.91 Å². The second-order valence-electron chi connectivity index (χ2n) is 3.01. The zero-order valence-electron chi connectivity index (χ0n) is 8.38. The predicted octanol–water partition coefficient (Wildman–Crippen LogP) is 1.12. The van der Waals surface area contributed by atoms with Crippen LogP contribution in [0.5, 0.6) is 0 Å². The molecule has 0 saturated heterocycles. The number of nitrogens with one attached hydrogen (secondary N) is 1. The van der Waals surface area contributed by atoms with Crippen LogP contribution in [0.25, 0.3) is 0 Å². The van der Waals surface area contributed by atoms with Crippen LogP contribution in [-0.2, 0) is 7.05 Å². The molecule has 2 heterocycles. The van der Waals surface area contributed by atoms with Gasteiger partial charge in [0.15, 0.2) is 0 Å². The molecule has 0 aliphatic carbocycles. The zero-order valence-corrected chi connectivity index (χ0v) is 9.14. The number of hydrogen-bond donors (Lipinski definition) is 1. The summed E-state index contributed by atoms with van der Waals surface area (Å²) in [6.45, 7) is 0. The Kier molecular flexibility index (Phi) is 2.82. The van der Waals surface area contributed by atoms with Crippen LogP contribution in [0.3, 0.4) is 0 Å². The number of anilines is 1. The summed E-state index contributed by atoms with van der Waals surface area (Å²) in [4.78, 5) is 19.3. The third kappa shape index (κ3) is 2.17. The Bertz CT molecular complexity index is 524. The molecule has 2 rings (SSSR count). The van der Waals surface area contributed by atoms with E-state index >= 15 is 0 Å². The first-order valence-electron chi connectivity index (χ1n) is 4.45. The molecule has 0 bridgehead atoms. The van der Waals surface area contributed by atoms with Crippen molar-refractivity contribution < 1.29 is 4.79 Å². The third-order valence-corrected chi connectivity index (χ3v) is 2.10. The number of carbonyl (C=O) groups is 1. The van der Waals surface area contributed by atoms with Gasteiger partial charge in [0.1, 0.15) is 11.5 Å². The Labute approximate surface area is 96.3 Å². The van der Waals surface area contributed by atoms with Crippen molar-refractivity contribution in [2.75, 3.05) is 5.32 Å². The van der Waals surface area contributed by atoms with Crippen LogP contribution in [-0.4, -0.2) is 25.7 Å². The minimum Gasteiger partial charge on any atom is -0.305 e. The van der Waals surface area contributed by atoms with Gasteiger partial charge >= 0.3 is 0 Å². The molecule has 0 saturated carbocycles. The Morgan fingerprint density at radius 2 is 2.25 bits per heavy atom. The fraction of sp³-hybridized carbons (Fsp3) is 0.111. The zero-order chi connectivity index (χ0) is 11.5. The topological polar surface area (TPSA) is 72.7 Å². The summed E-state index contributed by atoms with van der Waals surface area (Å²) in [6.07, 6.45) is 3.01. The lowest BCUT2D eigenvalue weighted by Crippen LogP contribution is -2.16. The molecule has 7 heteroatoms. The fourth-order valence-electron chi connectivity index (χ4n) is 1.18. The molecule has 0 atom stereocenters. The molecule has 1 amide bonds. The standard InChI is InChI=1S/C9H8ClN5O/c1-15-6(2-5-12-15)8(16)13-7-3-4-11-9(10)14-7/h2-5H,1H3,(H,11,13,14,16). The molecule has 6 nitrogen and oxygen atoms in total. The van der Waals surface area contributed by atoms with E-state index in [1.165, 1.54) is 10.9 Å². The molecule has 82 valence electrons. The van der Waals surface area contributed by atoms with Crippen LogP contribution in [0.15, 0.2) is 24.5 Å². The maximum Gasteiger partial charge on any atom is 0.275 e. The lowest BCUT2D eigenvalue weighted by Gasteiger charge is -2.03. The molecule has 0 fully saturated rings. The second-order valence-corrected chi connectivity index (χ2v) is 3.34. The van der Waals surface area contributed by atoms with E-state index in [0.29, 0.717) is 11.5 Å². The number of hydrogen-bond acceptors (Lipinski definition) is 4. The highest BCUT2D eigenvalue weighted by molar-refractivity contribution is 6.28. The number of aromatic nitrogens is 4. The van der Waals surface area contributed by atoms with Gasteiger partial charge in [-0.15, -0.1) is 0 Å². The van der Waals surface area contributed by atoms with Crippen LogP contribution in [0.1, 0.15) is 10.5 Å². The van der Waals surface area contributed by atoms with Crippen molar-refractivity contribution in [1.82, 2.24) is 19.7 Å². The highest BCUT2D eigenvalue weighted by atomic mass is 35.5. The maximum absolute atomic E-state index is 11.7. The monoisotopic (exact) mass is 237 g/mol. The molecule has 0 aliphatic heterocycles. The summed E-state index contributed by atoms with van der Waals surface area (Å²) in [5, 5.41) is 6.57. The smallest absolute Gasteiger partial charge is 0.275 e. The number of aryl methyl sites for hydroxylation is 1. The first kappa shape index (κ1) is 10.6.